The molecule has 110 valence electrons. The second-order valence-corrected chi connectivity index (χ2v) is 4.28. The molecule has 8 heteroatoms. The Hall–Kier alpha value is -1.86. The van der Waals surface area contributed by atoms with Crippen LogP contribution in [-0.2, 0) is 9.53 Å². The van der Waals surface area contributed by atoms with Gasteiger partial charge in [0.25, 0.3) is 5.69 Å². The second-order valence-electron chi connectivity index (χ2n) is 3.87. The number of ether oxygens (including phenoxy) is 2. The average Bonchev–Trinajstić information content (AvgIpc) is 2.44. The molecule has 1 atom stereocenters. The van der Waals surface area contributed by atoms with E-state index in [1.165, 1.54) is 25.3 Å². The number of carbonyl (C=O) groups excluding carboxylic acids is 1. The molecule has 20 heavy (non-hydrogen) atoms. The van der Waals surface area contributed by atoms with Crippen LogP contribution in [0.15, 0.2) is 18.2 Å². The number of carbonyl (C=O) groups is 1. The van der Waals surface area contributed by atoms with Crippen LogP contribution in [-0.4, -0.2) is 37.7 Å². The van der Waals surface area contributed by atoms with E-state index >= 15 is 0 Å². The molecule has 0 aliphatic heterocycles. The van der Waals surface area contributed by atoms with Gasteiger partial charge in [0, 0.05) is 18.6 Å². The maximum Gasteiger partial charge on any atom is 0.322 e. The number of nitro groups is 1. The van der Waals surface area contributed by atoms with Crippen LogP contribution in [0.2, 0.25) is 5.02 Å². The standard InChI is InChI=1S/C12H15ClN2O5/c1-14-10(12(16)19-2)5-6-20-11-4-3-8(15(17)18)7-9(11)13/h3-4,7,10,14H,5-6H2,1-2H3. The molecule has 0 saturated heterocycles. The summed E-state index contributed by atoms with van der Waals surface area (Å²) in [4.78, 5) is 21.4. The van der Waals surface area contributed by atoms with Crippen molar-refractivity contribution in [1.82, 2.24) is 5.32 Å². The zero-order chi connectivity index (χ0) is 15.1. The minimum absolute atomic E-state index is 0.106. The minimum atomic E-state index is -0.538. The van der Waals surface area contributed by atoms with E-state index < -0.39 is 11.0 Å². The molecule has 1 unspecified atom stereocenters. The third kappa shape index (κ3) is 4.36. The Balaban J connectivity index is 2.58. The molecule has 1 aromatic rings. The van der Waals surface area contributed by atoms with Gasteiger partial charge in [-0.2, -0.15) is 0 Å². The normalized spacial score (nSPS) is 11.8. The number of benzene rings is 1. The lowest BCUT2D eigenvalue weighted by Gasteiger charge is -2.14. The van der Waals surface area contributed by atoms with Gasteiger partial charge in [-0.1, -0.05) is 11.6 Å². The summed E-state index contributed by atoms with van der Waals surface area (Å²) >= 11 is 5.88. The van der Waals surface area contributed by atoms with Gasteiger partial charge in [0.1, 0.15) is 11.8 Å². The van der Waals surface area contributed by atoms with Crippen LogP contribution in [0, 0.1) is 10.1 Å². The number of hydrogen-bond donors (Lipinski definition) is 1. The van der Waals surface area contributed by atoms with E-state index in [0.717, 1.165) is 0 Å². The predicted molar refractivity (Wildman–Crippen MR) is 73.1 cm³/mol. The Morgan fingerprint density at radius 1 is 1.55 bits per heavy atom. The SMILES string of the molecule is CNC(CCOc1ccc([N+](=O)[O-])cc1Cl)C(=O)OC. The van der Waals surface area contributed by atoms with Gasteiger partial charge in [0.05, 0.1) is 23.7 Å². The monoisotopic (exact) mass is 302 g/mol. The van der Waals surface area contributed by atoms with E-state index in [0.29, 0.717) is 12.2 Å². The first-order chi connectivity index (χ1) is 9.49. The van der Waals surface area contributed by atoms with E-state index in [2.05, 4.69) is 10.1 Å². The van der Waals surface area contributed by atoms with Crippen LogP contribution < -0.4 is 10.1 Å². The minimum Gasteiger partial charge on any atom is -0.492 e. The van der Waals surface area contributed by atoms with Gasteiger partial charge in [0.2, 0.25) is 0 Å². The molecule has 0 saturated carbocycles. The van der Waals surface area contributed by atoms with Gasteiger partial charge in [-0.05, 0) is 13.1 Å². The molecule has 0 heterocycles. The van der Waals surface area contributed by atoms with Crippen LogP contribution in [0.4, 0.5) is 5.69 Å². The molecule has 0 radical (unpaired) electrons. The smallest absolute Gasteiger partial charge is 0.322 e. The van der Waals surface area contributed by atoms with Crippen molar-refractivity contribution in [2.75, 3.05) is 20.8 Å². The van der Waals surface area contributed by atoms with Crippen molar-refractivity contribution in [3.05, 3.63) is 33.3 Å². The summed E-state index contributed by atoms with van der Waals surface area (Å²) < 4.78 is 10.0. The molecule has 1 N–H and O–H groups in total. The number of methoxy groups -OCH3 is 1. The Bertz CT molecular complexity index is 495. The zero-order valence-electron chi connectivity index (χ0n) is 11.1. The van der Waals surface area contributed by atoms with E-state index in [1.807, 2.05) is 0 Å². The van der Waals surface area contributed by atoms with Crippen molar-refractivity contribution in [2.45, 2.75) is 12.5 Å². The van der Waals surface area contributed by atoms with E-state index in [1.54, 1.807) is 7.05 Å². The lowest BCUT2D eigenvalue weighted by atomic mass is 10.2. The number of nitrogens with zero attached hydrogens (tertiary/aromatic N) is 1. The number of hydrogen-bond acceptors (Lipinski definition) is 6. The van der Waals surface area contributed by atoms with E-state index in [-0.39, 0.29) is 23.3 Å². The number of rotatable bonds is 7. The number of likely N-dealkylation sites (N-methyl/N-ethyl adjacent to an activating group) is 1. The largest absolute Gasteiger partial charge is 0.492 e. The maximum atomic E-state index is 11.3. The van der Waals surface area contributed by atoms with Crippen LogP contribution in [0.3, 0.4) is 0 Å². The van der Waals surface area contributed by atoms with E-state index in [9.17, 15) is 14.9 Å². The highest BCUT2D eigenvalue weighted by Gasteiger charge is 2.17. The number of nitro benzene ring substituents is 1. The molecule has 0 aliphatic carbocycles. The molecular formula is C12H15ClN2O5. The highest BCUT2D eigenvalue weighted by molar-refractivity contribution is 6.32. The first-order valence-corrected chi connectivity index (χ1v) is 6.19. The molecule has 0 spiro atoms. The van der Waals surface area contributed by atoms with Crippen LogP contribution in [0.5, 0.6) is 5.75 Å². The summed E-state index contributed by atoms with van der Waals surface area (Å²) in [5.74, 6) is -0.0529. The fourth-order valence-electron chi connectivity index (χ4n) is 1.53. The van der Waals surface area contributed by atoms with Crippen molar-refractivity contribution in [2.24, 2.45) is 0 Å². The lowest BCUT2D eigenvalue weighted by molar-refractivity contribution is -0.384. The first kappa shape index (κ1) is 16.2. The van der Waals surface area contributed by atoms with Gasteiger partial charge < -0.3 is 14.8 Å². The molecule has 1 rings (SSSR count). The molecule has 0 bridgehead atoms. The van der Waals surface area contributed by atoms with Crippen molar-refractivity contribution in [1.29, 1.82) is 0 Å². The number of halogens is 1. The summed E-state index contributed by atoms with van der Waals surface area (Å²) in [6.45, 7) is 0.220. The Labute approximate surface area is 121 Å². The molecular weight excluding hydrogens is 288 g/mol. The second kappa shape index (κ2) is 7.66. The zero-order valence-corrected chi connectivity index (χ0v) is 11.8. The molecule has 0 aliphatic rings. The van der Waals surface area contributed by atoms with Crippen LogP contribution in [0.1, 0.15) is 6.42 Å². The number of esters is 1. The molecule has 0 aromatic heterocycles. The topological polar surface area (TPSA) is 90.7 Å². The fraction of sp³-hybridized carbons (Fsp3) is 0.417. The van der Waals surface area contributed by atoms with Crippen molar-refractivity contribution in [3.63, 3.8) is 0 Å². The Kier molecular flexibility index (Phi) is 6.20. The fourth-order valence-corrected chi connectivity index (χ4v) is 1.76. The number of nitrogens with one attached hydrogen (secondary N) is 1. The average molecular weight is 303 g/mol. The Morgan fingerprint density at radius 3 is 2.75 bits per heavy atom. The predicted octanol–water partition coefficient (Wildman–Crippen LogP) is 1.78. The van der Waals surface area contributed by atoms with Gasteiger partial charge in [0.15, 0.2) is 0 Å². The van der Waals surface area contributed by atoms with Crippen LogP contribution in [0.25, 0.3) is 0 Å². The van der Waals surface area contributed by atoms with Crippen molar-refractivity contribution in [3.8, 4) is 5.75 Å². The van der Waals surface area contributed by atoms with Gasteiger partial charge in [-0.15, -0.1) is 0 Å². The Morgan fingerprint density at radius 2 is 2.25 bits per heavy atom. The maximum absolute atomic E-state index is 11.3. The molecule has 1 aromatic carbocycles. The van der Waals surface area contributed by atoms with Crippen LogP contribution >= 0.6 is 11.6 Å². The van der Waals surface area contributed by atoms with Gasteiger partial charge in [-0.25, -0.2) is 0 Å². The summed E-state index contributed by atoms with van der Waals surface area (Å²) in [5, 5.41) is 13.5. The quantitative estimate of drug-likeness (QED) is 0.469. The third-order valence-electron chi connectivity index (χ3n) is 2.62. The highest BCUT2D eigenvalue weighted by Crippen LogP contribution is 2.28. The number of non-ortho nitro benzene ring substituents is 1. The summed E-state index contributed by atoms with van der Waals surface area (Å²) in [6, 6.07) is 3.47. The molecule has 7 nitrogen and oxygen atoms in total. The summed E-state index contributed by atoms with van der Waals surface area (Å²) in [7, 11) is 2.95. The van der Waals surface area contributed by atoms with Gasteiger partial charge in [-0.3, -0.25) is 14.9 Å². The van der Waals surface area contributed by atoms with Gasteiger partial charge >= 0.3 is 5.97 Å². The first-order valence-electron chi connectivity index (χ1n) is 5.81. The lowest BCUT2D eigenvalue weighted by Crippen LogP contribution is -2.36. The van der Waals surface area contributed by atoms with Crippen molar-refractivity contribution < 1.29 is 19.2 Å². The molecule has 0 amide bonds. The third-order valence-corrected chi connectivity index (χ3v) is 2.92. The molecule has 0 fully saturated rings. The highest BCUT2D eigenvalue weighted by atomic mass is 35.5. The van der Waals surface area contributed by atoms with Crippen molar-refractivity contribution >= 4 is 23.3 Å². The van der Waals surface area contributed by atoms with E-state index in [4.69, 9.17) is 16.3 Å². The summed E-state index contributed by atoms with van der Waals surface area (Å²) in [6.07, 6.45) is 0.385. The summed E-state index contributed by atoms with van der Waals surface area (Å²) in [5.41, 5.74) is -0.106.